The number of anilines is 1. The second kappa shape index (κ2) is 8.41. The minimum absolute atomic E-state index is 0.684. The van der Waals surface area contributed by atoms with E-state index in [-0.39, 0.29) is 0 Å². The van der Waals surface area contributed by atoms with Crippen LogP contribution in [0.25, 0.3) is 22.2 Å². The monoisotopic (exact) mass is 405 g/mol. The molecule has 0 spiro atoms. The van der Waals surface area contributed by atoms with Gasteiger partial charge in [-0.1, -0.05) is 36.4 Å². The molecule has 2 aromatic carbocycles. The number of nitrogens with one attached hydrogen (secondary N) is 1. The predicted octanol–water partition coefficient (Wildman–Crippen LogP) is 5.43. The van der Waals surface area contributed by atoms with Crippen LogP contribution in [0.4, 0.5) is 5.13 Å². The van der Waals surface area contributed by atoms with Gasteiger partial charge < -0.3 is 19.4 Å². The third kappa shape index (κ3) is 3.84. The van der Waals surface area contributed by atoms with E-state index in [9.17, 15) is 0 Å². The molecule has 5 nitrogen and oxygen atoms in total. The molecule has 4 aromatic rings. The van der Waals surface area contributed by atoms with Gasteiger partial charge >= 0.3 is 0 Å². The lowest BCUT2D eigenvalue weighted by molar-refractivity contribution is 0.398. The SMILES string of the molecule is C=CCNc1nc(-c2cn(Cc3ccccc3)c3cc(OC)cc(OC)c23)cs1. The first-order valence-electron chi connectivity index (χ1n) is 9.33. The predicted molar refractivity (Wildman–Crippen MR) is 120 cm³/mol. The van der Waals surface area contributed by atoms with E-state index < -0.39 is 0 Å². The number of rotatable bonds is 8. The molecule has 0 saturated heterocycles. The Bertz CT molecular complexity index is 1130. The number of benzene rings is 2. The highest BCUT2D eigenvalue weighted by atomic mass is 32.1. The Hall–Kier alpha value is -3.25. The van der Waals surface area contributed by atoms with E-state index in [1.54, 1.807) is 25.6 Å². The molecule has 29 heavy (non-hydrogen) atoms. The van der Waals surface area contributed by atoms with Crippen molar-refractivity contribution in [1.29, 1.82) is 0 Å². The number of aromatic nitrogens is 2. The van der Waals surface area contributed by atoms with Crippen molar-refractivity contribution in [2.24, 2.45) is 0 Å². The van der Waals surface area contributed by atoms with Crippen molar-refractivity contribution in [2.75, 3.05) is 26.1 Å². The Morgan fingerprint density at radius 3 is 2.72 bits per heavy atom. The van der Waals surface area contributed by atoms with Crippen LogP contribution in [-0.2, 0) is 6.54 Å². The Morgan fingerprint density at radius 1 is 1.17 bits per heavy atom. The second-order valence-corrected chi connectivity index (χ2v) is 7.45. The summed E-state index contributed by atoms with van der Waals surface area (Å²) in [6.07, 6.45) is 3.97. The van der Waals surface area contributed by atoms with E-state index in [0.717, 1.165) is 45.3 Å². The van der Waals surface area contributed by atoms with Gasteiger partial charge in [0.15, 0.2) is 5.13 Å². The van der Waals surface area contributed by atoms with E-state index in [4.69, 9.17) is 14.5 Å². The molecule has 0 aliphatic rings. The molecule has 148 valence electrons. The van der Waals surface area contributed by atoms with E-state index in [1.807, 2.05) is 24.3 Å². The molecule has 0 radical (unpaired) electrons. The molecule has 2 aromatic heterocycles. The molecule has 0 saturated carbocycles. The molecule has 0 amide bonds. The number of hydrogen-bond acceptors (Lipinski definition) is 5. The first kappa shape index (κ1) is 19.1. The number of nitrogens with zero attached hydrogens (tertiary/aromatic N) is 2. The normalized spacial score (nSPS) is 10.8. The average molecular weight is 406 g/mol. The lowest BCUT2D eigenvalue weighted by Crippen LogP contribution is -1.98. The Kier molecular flexibility index (Phi) is 5.53. The van der Waals surface area contributed by atoms with Gasteiger partial charge in [-0.25, -0.2) is 4.98 Å². The van der Waals surface area contributed by atoms with Crippen LogP contribution in [0.3, 0.4) is 0 Å². The third-order valence-electron chi connectivity index (χ3n) is 4.75. The van der Waals surface area contributed by atoms with Gasteiger partial charge in [0.1, 0.15) is 11.5 Å². The summed E-state index contributed by atoms with van der Waals surface area (Å²) in [5.74, 6) is 1.54. The molecule has 2 heterocycles. The highest BCUT2D eigenvalue weighted by Gasteiger charge is 2.19. The third-order valence-corrected chi connectivity index (χ3v) is 5.55. The van der Waals surface area contributed by atoms with Crippen molar-refractivity contribution in [2.45, 2.75) is 6.54 Å². The van der Waals surface area contributed by atoms with Crippen molar-refractivity contribution in [3.05, 3.63) is 72.3 Å². The molecule has 0 bridgehead atoms. The van der Waals surface area contributed by atoms with Gasteiger partial charge in [-0.15, -0.1) is 17.9 Å². The van der Waals surface area contributed by atoms with Crippen LogP contribution >= 0.6 is 11.3 Å². The Labute approximate surface area is 174 Å². The summed E-state index contributed by atoms with van der Waals surface area (Å²) in [5, 5.41) is 7.23. The van der Waals surface area contributed by atoms with Crippen LogP contribution in [0.2, 0.25) is 0 Å². The summed E-state index contributed by atoms with van der Waals surface area (Å²) in [6.45, 7) is 5.18. The van der Waals surface area contributed by atoms with Crippen LogP contribution in [0.1, 0.15) is 5.56 Å². The van der Waals surface area contributed by atoms with E-state index in [1.165, 1.54) is 5.56 Å². The molecule has 1 N–H and O–H groups in total. The molecule has 6 heteroatoms. The minimum Gasteiger partial charge on any atom is -0.497 e. The Morgan fingerprint density at radius 2 is 2.00 bits per heavy atom. The van der Waals surface area contributed by atoms with Crippen LogP contribution < -0.4 is 14.8 Å². The highest BCUT2D eigenvalue weighted by molar-refractivity contribution is 7.14. The van der Waals surface area contributed by atoms with Crippen LogP contribution in [0, 0.1) is 0 Å². The number of fused-ring (bicyclic) bond motifs is 1. The molecular weight excluding hydrogens is 382 g/mol. The quantitative estimate of drug-likeness (QED) is 0.397. The summed E-state index contributed by atoms with van der Waals surface area (Å²) in [7, 11) is 3.36. The summed E-state index contributed by atoms with van der Waals surface area (Å²) < 4.78 is 13.5. The smallest absolute Gasteiger partial charge is 0.183 e. The topological polar surface area (TPSA) is 48.3 Å². The first-order valence-corrected chi connectivity index (χ1v) is 10.2. The van der Waals surface area contributed by atoms with Gasteiger partial charge in [0.25, 0.3) is 0 Å². The molecule has 0 aliphatic carbocycles. The minimum atomic E-state index is 0.684. The molecule has 4 rings (SSSR count). The summed E-state index contributed by atoms with van der Waals surface area (Å²) in [5.41, 5.74) is 4.23. The first-order chi connectivity index (χ1) is 14.2. The maximum absolute atomic E-state index is 5.72. The van der Waals surface area contributed by atoms with Gasteiger partial charge in [0.05, 0.1) is 30.8 Å². The van der Waals surface area contributed by atoms with Crippen LogP contribution in [0.5, 0.6) is 11.5 Å². The fourth-order valence-corrected chi connectivity index (χ4v) is 4.11. The molecule has 0 aliphatic heterocycles. The van der Waals surface area contributed by atoms with E-state index >= 15 is 0 Å². The zero-order chi connectivity index (χ0) is 20.2. The van der Waals surface area contributed by atoms with E-state index in [0.29, 0.717) is 6.54 Å². The summed E-state index contributed by atoms with van der Waals surface area (Å²) >= 11 is 1.58. The molecule has 0 unspecified atom stereocenters. The fourth-order valence-electron chi connectivity index (χ4n) is 3.39. The zero-order valence-corrected chi connectivity index (χ0v) is 17.3. The number of ether oxygens (including phenoxy) is 2. The van der Waals surface area contributed by atoms with Crippen molar-refractivity contribution in [1.82, 2.24) is 9.55 Å². The number of methoxy groups -OCH3 is 2. The average Bonchev–Trinajstić information content (AvgIpc) is 3.37. The van der Waals surface area contributed by atoms with Crippen molar-refractivity contribution >= 4 is 27.4 Å². The summed E-state index contributed by atoms with van der Waals surface area (Å²) in [4.78, 5) is 4.77. The fraction of sp³-hybridized carbons (Fsp3) is 0.174. The number of thiazole rings is 1. The largest absolute Gasteiger partial charge is 0.497 e. The van der Waals surface area contributed by atoms with Gasteiger partial charge in [0, 0.05) is 42.4 Å². The molecular formula is C23H23N3O2S. The lowest BCUT2D eigenvalue weighted by Gasteiger charge is -2.10. The van der Waals surface area contributed by atoms with E-state index in [2.05, 4.69) is 52.3 Å². The highest BCUT2D eigenvalue weighted by Crippen LogP contribution is 2.40. The molecule has 0 fully saturated rings. The van der Waals surface area contributed by atoms with Crippen LogP contribution in [-0.4, -0.2) is 30.3 Å². The lowest BCUT2D eigenvalue weighted by atomic mass is 10.1. The summed E-state index contributed by atoms with van der Waals surface area (Å²) in [6, 6.07) is 14.4. The van der Waals surface area contributed by atoms with Crippen molar-refractivity contribution in [3.8, 4) is 22.8 Å². The zero-order valence-electron chi connectivity index (χ0n) is 16.5. The maximum Gasteiger partial charge on any atom is 0.183 e. The molecule has 0 atom stereocenters. The van der Waals surface area contributed by atoms with Gasteiger partial charge in [-0.05, 0) is 5.56 Å². The Balaban J connectivity index is 1.87. The standard InChI is InChI=1S/C23H23N3O2S/c1-4-10-24-23-25-19(15-29-23)18-14-26(13-16-8-6-5-7-9-16)20-11-17(27-2)12-21(28-3)22(18)20/h4-9,11-12,14-15H,1,10,13H2,2-3H3,(H,24,25). The van der Waals surface area contributed by atoms with Gasteiger partial charge in [-0.3, -0.25) is 0 Å². The van der Waals surface area contributed by atoms with Crippen molar-refractivity contribution < 1.29 is 9.47 Å². The van der Waals surface area contributed by atoms with Gasteiger partial charge in [0.2, 0.25) is 0 Å². The van der Waals surface area contributed by atoms with Crippen molar-refractivity contribution in [3.63, 3.8) is 0 Å². The number of hydrogen-bond donors (Lipinski definition) is 1. The van der Waals surface area contributed by atoms with Gasteiger partial charge in [-0.2, -0.15) is 0 Å². The maximum atomic E-state index is 5.72. The van der Waals surface area contributed by atoms with Crippen LogP contribution in [0.15, 0.2) is 66.7 Å². The second-order valence-electron chi connectivity index (χ2n) is 6.59.